The number of carboxylic acids is 1. The van der Waals surface area contributed by atoms with Gasteiger partial charge >= 0.3 is 5.97 Å². The maximum atomic E-state index is 14.1. The van der Waals surface area contributed by atoms with Gasteiger partial charge in [0.1, 0.15) is 19.0 Å². The van der Waals surface area contributed by atoms with Crippen LogP contribution in [0.15, 0.2) is 41.2 Å². The fourth-order valence-corrected chi connectivity index (χ4v) is 3.24. The van der Waals surface area contributed by atoms with Crippen molar-refractivity contribution in [2.45, 2.75) is 19.4 Å². The number of alkyl halides is 2. The number of benzene rings is 2. The molecule has 0 fully saturated rings. The standard InChI is InChI=1S/C20H15F3N4O4/c21-12-5-14-15(6-16(12)31-9-17(22)23)25-18(24-14)7-13-10-3-1-2-4-11(10)20(30)27(26-13)8-19(28)29/h1-6,17H,7-9H2,(H,24,25)(H,28,29). The summed E-state index contributed by atoms with van der Waals surface area (Å²) in [5, 5.41) is 14.1. The molecule has 160 valence electrons. The highest BCUT2D eigenvalue weighted by molar-refractivity contribution is 5.84. The molecule has 4 rings (SSSR count). The van der Waals surface area contributed by atoms with Crippen molar-refractivity contribution in [1.82, 2.24) is 19.7 Å². The monoisotopic (exact) mass is 432 g/mol. The van der Waals surface area contributed by atoms with Crippen molar-refractivity contribution in [1.29, 1.82) is 0 Å². The Hall–Kier alpha value is -3.89. The third-order valence-corrected chi connectivity index (χ3v) is 4.51. The lowest BCUT2D eigenvalue weighted by atomic mass is 10.1. The van der Waals surface area contributed by atoms with Crippen molar-refractivity contribution in [3.8, 4) is 5.75 Å². The maximum absolute atomic E-state index is 14.1. The number of imidazole rings is 1. The van der Waals surface area contributed by atoms with E-state index in [0.717, 1.165) is 10.7 Å². The summed E-state index contributed by atoms with van der Waals surface area (Å²) in [6.45, 7) is -1.55. The zero-order valence-electron chi connectivity index (χ0n) is 15.8. The number of ether oxygens (including phenoxy) is 1. The summed E-state index contributed by atoms with van der Waals surface area (Å²) in [5.74, 6) is -2.02. The van der Waals surface area contributed by atoms with E-state index in [2.05, 4.69) is 15.1 Å². The number of fused-ring (bicyclic) bond motifs is 2. The lowest BCUT2D eigenvalue weighted by Crippen LogP contribution is -2.28. The van der Waals surface area contributed by atoms with Crippen LogP contribution in [-0.2, 0) is 17.8 Å². The average molecular weight is 432 g/mol. The lowest BCUT2D eigenvalue weighted by molar-refractivity contribution is -0.138. The molecule has 8 nitrogen and oxygen atoms in total. The van der Waals surface area contributed by atoms with Crippen LogP contribution in [0.25, 0.3) is 21.8 Å². The zero-order valence-corrected chi connectivity index (χ0v) is 15.8. The number of carboxylic acid groups (broad SMARTS) is 1. The molecule has 2 heterocycles. The first kappa shape index (κ1) is 20.4. The number of H-pyrrole nitrogens is 1. The van der Waals surface area contributed by atoms with E-state index in [-0.39, 0.29) is 12.2 Å². The van der Waals surface area contributed by atoms with Crippen LogP contribution in [0.2, 0.25) is 0 Å². The summed E-state index contributed by atoms with van der Waals surface area (Å²) in [4.78, 5) is 30.8. The van der Waals surface area contributed by atoms with Gasteiger partial charge in [-0.2, -0.15) is 5.10 Å². The average Bonchev–Trinajstić information content (AvgIpc) is 3.10. The van der Waals surface area contributed by atoms with Crippen molar-refractivity contribution < 1.29 is 27.8 Å². The quantitative estimate of drug-likeness (QED) is 0.465. The van der Waals surface area contributed by atoms with E-state index in [4.69, 9.17) is 9.84 Å². The van der Waals surface area contributed by atoms with Gasteiger partial charge in [0.05, 0.1) is 28.5 Å². The van der Waals surface area contributed by atoms with Gasteiger partial charge in [-0.15, -0.1) is 0 Å². The minimum absolute atomic E-state index is 0.0872. The van der Waals surface area contributed by atoms with E-state index in [0.29, 0.717) is 33.3 Å². The number of rotatable bonds is 7. The molecule has 4 aromatic rings. The first-order chi connectivity index (χ1) is 14.8. The van der Waals surface area contributed by atoms with E-state index < -0.39 is 36.9 Å². The summed E-state index contributed by atoms with van der Waals surface area (Å²) in [5.41, 5.74) is 0.475. The molecule has 31 heavy (non-hydrogen) atoms. The molecule has 0 bridgehead atoms. The Morgan fingerprint density at radius 3 is 2.68 bits per heavy atom. The number of aromatic amines is 1. The van der Waals surface area contributed by atoms with Crippen LogP contribution in [0, 0.1) is 5.82 Å². The minimum atomic E-state index is -2.74. The van der Waals surface area contributed by atoms with Crippen molar-refractivity contribution in [3.05, 3.63) is 64.1 Å². The van der Waals surface area contributed by atoms with E-state index in [9.17, 15) is 22.8 Å². The van der Waals surface area contributed by atoms with Crippen LogP contribution < -0.4 is 10.3 Å². The van der Waals surface area contributed by atoms with Crippen molar-refractivity contribution in [2.24, 2.45) is 0 Å². The third-order valence-electron chi connectivity index (χ3n) is 4.51. The number of aromatic nitrogens is 4. The molecular weight excluding hydrogens is 417 g/mol. The number of nitrogens with one attached hydrogen (secondary N) is 1. The number of hydrogen-bond acceptors (Lipinski definition) is 5. The van der Waals surface area contributed by atoms with E-state index in [1.54, 1.807) is 24.3 Å². The second kappa shape index (κ2) is 8.09. The predicted octanol–water partition coefficient (Wildman–Crippen LogP) is 2.73. The maximum Gasteiger partial charge on any atom is 0.325 e. The number of nitrogens with zero attached hydrogens (tertiary/aromatic N) is 3. The van der Waals surface area contributed by atoms with Gasteiger partial charge in [0.15, 0.2) is 11.6 Å². The molecule has 2 aromatic carbocycles. The molecule has 2 aromatic heterocycles. The molecule has 0 unspecified atom stereocenters. The van der Waals surface area contributed by atoms with Crippen LogP contribution in [-0.4, -0.2) is 43.9 Å². The van der Waals surface area contributed by atoms with Crippen LogP contribution >= 0.6 is 0 Å². The van der Waals surface area contributed by atoms with Gasteiger partial charge < -0.3 is 14.8 Å². The zero-order chi connectivity index (χ0) is 22.1. The normalized spacial score (nSPS) is 11.5. The molecule has 0 radical (unpaired) electrons. The summed E-state index contributed by atoms with van der Waals surface area (Å²) >= 11 is 0. The molecule has 11 heteroatoms. The van der Waals surface area contributed by atoms with Gasteiger partial charge in [-0.05, 0) is 6.07 Å². The van der Waals surface area contributed by atoms with Crippen LogP contribution in [0.5, 0.6) is 5.75 Å². The summed E-state index contributed by atoms with van der Waals surface area (Å²) in [7, 11) is 0. The van der Waals surface area contributed by atoms with E-state index >= 15 is 0 Å². The fourth-order valence-electron chi connectivity index (χ4n) is 3.24. The summed E-state index contributed by atoms with van der Waals surface area (Å²) in [6, 6.07) is 8.93. The van der Waals surface area contributed by atoms with Gasteiger partial charge in [-0.3, -0.25) is 9.59 Å². The van der Waals surface area contributed by atoms with Crippen molar-refractivity contribution in [2.75, 3.05) is 6.61 Å². The number of hydrogen-bond donors (Lipinski definition) is 2. The van der Waals surface area contributed by atoms with E-state index in [1.807, 2.05) is 0 Å². The molecule has 0 aliphatic rings. The highest BCUT2D eigenvalue weighted by atomic mass is 19.3. The van der Waals surface area contributed by atoms with Gasteiger partial charge in [-0.25, -0.2) is 22.8 Å². The molecule has 0 amide bonds. The Kier molecular flexibility index (Phi) is 5.32. The molecule has 2 N–H and O–H groups in total. The van der Waals surface area contributed by atoms with Crippen LogP contribution in [0.3, 0.4) is 0 Å². The lowest BCUT2D eigenvalue weighted by Gasteiger charge is -2.08. The molecule has 0 saturated carbocycles. The highest BCUT2D eigenvalue weighted by Crippen LogP contribution is 2.25. The Morgan fingerprint density at radius 1 is 1.23 bits per heavy atom. The second-order valence-corrected chi connectivity index (χ2v) is 6.71. The molecule has 0 atom stereocenters. The first-order valence-corrected chi connectivity index (χ1v) is 9.11. The Bertz CT molecular complexity index is 1350. The molecule has 0 aliphatic heterocycles. The van der Waals surface area contributed by atoms with Crippen LogP contribution in [0.4, 0.5) is 13.2 Å². The Morgan fingerprint density at radius 2 is 1.97 bits per heavy atom. The smallest absolute Gasteiger partial charge is 0.325 e. The fraction of sp³-hybridized carbons (Fsp3) is 0.200. The first-order valence-electron chi connectivity index (χ1n) is 9.11. The van der Waals surface area contributed by atoms with Gasteiger partial charge in [0.2, 0.25) is 0 Å². The van der Waals surface area contributed by atoms with Crippen LogP contribution in [0.1, 0.15) is 11.5 Å². The molecular formula is C20H15F3N4O4. The second-order valence-electron chi connectivity index (χ2n) is 6.71. The Balaban J connectivity index is 1.74. The van der Waals surface area contributed by atoms with Crippen molar-refractivity contribution >= 4 is 27.8 Å². The number of aliphatic carboxylic acids is 1. The largest absolute Gasteiger partial charge is 0.484 e. The third kappa shape index (κ3) is 4.20. The summed E-state index contributed by atoms with van der Waals surface area (Å²) in [6.07, 6.45) is -2.66. The minimum Gasteiger partial charge on any atom is -0.484 e. The van der Waals surface area contributed by atoms with Crippen molar-refractivity contribution in [3.63, 3.8) is 0 Å². The van der Waals surface area contributed by atoms with Gasteiger partial charge in [0, 0.05) is 17.5 Å². The molecule has 0 saturated heterocycles. The molecule has 0 spiro atoms. The number of carbonyl (C=O) groups is 1. The SMILES string of the molecule is O=C(O)Cn1nc(Cc2nc3cc(OCC(F)F)c(F)cc3[nH]2)c2ccccc2c1=O. The van der Waals surface area contributed by atoms with Gasteiger partial charge in [0.25, 0.3) is 12.0 Å². The highest BCUT2D eigenvalue weighted by Gasteiger charge is 2.16. The van der Waals surface area contributed by atoms with E-state index in [1.165, 1.54) is 6.07 Å². The number of halogens is 3. The predicted molar refractivity (Wildman–Crippen MR) is 104 cm³/mol. The summed E-state index contributed by atoms with van der Waals surface area (Å²) < 4.78 is 44.4. The van der Waals surface area contributed by atoms with Gasteiger partial charge in [-0.1, -0.05) is 18.2 Å². The molecule has 0 aliphatic carbocycles. The Labute approximate surface area is 171 Å². The topological polar surface area (TPSA) is 110 Å².